The van der Waals surface area contributed by atoms with Gasteiger partial charge in [0.05, 0.1) is 5.39 Å². The highest BCUT2D eigenvalue weighted by atomic mass is 32.2. The first-order chi connectivity index (χ1) is 9.08. The quantitative estimate of drug-likeness (QED) is 0.863. The van der Waals surface area contributed by atoms with Crippen molar-refractivity contribution in [2.45, 2.75) is 26.8 Å². The number of aromatic amines is 1. The number of thiophene rings is 1. The average Bonchev–Trinajstić information content (AvgIpc) is 2.95. The summed E-state index contributed by atoms with van der Waals surface area (Å²) in [6.45, 7) is 4.82. The summed E-state index contributed by atoms with van der Waals surface area (Å²) in [5.74, 6) is 2.92. The Kier molecular flexibility index (Phi) is 3.57. The van der Waals surface area contributed by atoms with Crippen molar-refractivity contribution in [2.24, 2.45) is 5.92 Å². The second-order valence-corrected chi connectivity index (χ2v) is 7.82. The molecule has 102 valence electrons. The van der Waals surface area contributed by atoms with E-state index in [0.717, 1.165) is 28.1 Å². The molecule has 0 saturated carbocycles. The Morgan fingerprint density at radius 2 is 2.26 bits per heavy atom. The first kappa shape index (κ1) is 13.4. The maximum absolute atomic E-state index is 12.6. The minimum atomic E-state index is 0.0810. The van der Waals surface area contributed by atoms with Crippen LogP contribution in [-0.4, -0.2) is 21.1 Å². The zero-order valence-corrected chi connectivity index (χ0v) is 13.4. The number of hydrogen-bond donors (Lipinski definition) is 1. The van der Waals surface area contributed by atoms with Gasteiger partial charge in [-0.15, -0.1) is 11.3 Å². The van der Waals surface area contributed by atoms with Crippen molar-refractivity contribution in [2.75, 3.05) is 11.5 Å². The molecular formula is C13H16N2OS3. The third-order valence-corrected chi connectivity index (χ3v) is 6.45. The first-order valence-electron chi connectivity index (χ1n) is 6.38. The van der Waals surface area contributed by atoms with Gasteiger partial charge in [0.15, 0.2) is 4.77 Å². The van der Waals surface area contributed by atoms with E-state index in [0.29, 0.717) is 10.7 Å². The van der Waals surface area contributed by atoms with Crippen LogP contribution in [-0.2, 0) is 6.54 Å². The fraction of sp³-hybridized carbons (Fsp3) is 0.538. The summed E-state index contributed by atoms with van der Waals surface area (Å²) in [5.41, 5.74) is 1.17. The summed E-state index contributed by atoms with van der Waals surface area (Å²) in [6, 6.07) is 0. The van der Waals surface area contributed by atoms with Gasteiger partial charge < -0.3 is 4.98 Å². The predicted octanol–water partition coefficient (Wildman–Crippen LogP) is 3.49. The topological polar surface area (TPSA) is 37.8 Å². The number of hydrogen-bond acceptors (Lipinski definition) is 4. The van der Waals surface area contributed by atoms with Crippen LogP contribution in [0, 0.1) is 24.5 Å². The van der Waals surface area contributed by atoms with Gasteiger partial charge in [-0.3, -0.25) is 9.36 Å². The van der Waals surface area contributed by atoms with Gasteiger partial charge in [0.1, 0.15) is 4.83 Å². The molecule has 6 heteroatoms. The van der Waals surface area contributed by atoms with E-state index in [9.17, 15) is 4.79 Å². The number of aromatic nitrogens is 2. The Hall–Kier alpha value is -0.590. The van der Waals surface area contributed by atoms with Crippen molar-refractivity contribution in [1.29, 1.82) is 0 Å². The van der Waals surface area contributed by atoms with Crippen molar-refractivity contribution < 1.29 is 0 Å². The van der Waals surface area contributed by atoms with Gasteiger partial charge in [0, 0.05) is 11.4 Å². The Morgan fingerprint density at radius 3 is 2.95 bits per heavy atom. The van der Waals surface area contributed by atoms with E-state index in [1.54, 1.807) is 15.9 Å². The molecule has 0 radical (unpaired) electrons. The van der Waals surface area contributed by atoms with Crippen LogP contribution in [0.4, 0.5) is 0 Å². The zero-order chi connectivity index (χ0) is 13.6. The lowest BCUT2D eigenvalue weighted by Gasteiger charge is -2.11. The van der Waals surface area contributed by atoms with Crippen LogP contribution in [0.1, 0.15) is 16.9 Å². The number of nitrogens with one attached hydrogen (secondary N) is 1. The lowest BCUT2D eigenvalue weighted by Crippen LogP contribution is -2.25. The van der Waals surface area contributed by atoms with E-state index < -0.39 is 0 Å². The van der Waals surface area contributed by atoms with Crippen molar-refractivity contribution in [3.63, 3.8) is 0 Å². The Labute approximate surface area is 125 Å². The summed E-state index contributed by atoms with van der Waals surface area (Å²) in [4.78, 5) is 18.0. The molecule has 3 heterocycles. The van der Waals surface area contributed by atoms with Crippen LogP contribution >= 0.6 is 35.3 Å². The normalized spacial score (nSPS) is 19.4. The smallest absolute Gasteiger partial charge is 0.263 e. The van der Waals surface area contributed by atoms with Crippen LogP contribution in [0.3, 0.4) is 0 Å². The Bertz CT molecular complexity index is 735. The summed E-state index contributed by atoms with van der Waals surface area (Å²) in [6.07, 6.45) is 1.19. The van der Waals surface area contributed by atoms with Gasteiger partial charge in [-0.1, -0.05) is 0 Å². The lowest BCUT2D eigenvalue weighted by atomic mass is 10.1. The van der Waals surface area contributed by atoms with E-state index in [2.05, 4.69) is 4.98 Å². The zero-order valence-electron chi connectivity index (χ0n) is 11.0. The number of rotatable bonds is 2. The Morgan fingerprint density at radius 1 is 1.47 bits per heavy atom. The molecule has 3 rings (SSSR count). The molecule has 1 N–H and O–H groups in total. The molecule has 2 aromatic heterocycles. The maximum Gasteiger partial charge on any atom is 0.263 e. The molecule has 0 spiro atoms. The number of H-pyrrole nitrogens is 1. The fourth-order valence-corrected chi connectivity index (χ4v) is 5.16. The molecule has 0 aromatic carbocycles. The lowest BCUT2D eigenvalue weighted by molar-refractivity contribution is 0.476. The molecule has 1 fully saturated rings. The van der Waals surface area contributed by atoms with Gasteiger partial charge in [-0.05, 0) is 55.5 Å². The Balaban J connectivity index is 2.16. The van der Waals surface area contributed by atoms with Gasteiger partial charge >= 0.3 is 0 Å². The second-order valence-electron chi connectivity index (χ2n) is 5.06. The third-order valence-electron chi connectivity index (χ3n) is 3.77. The molecular weight excluding hydrogens is 296 g/mol. The van der Waals surface area contributed by atoms with Gasteiger partial charge in [-0.2, -0.15) is 11.8 Å². The number of fused-ring (bicyclic) bond motifs is 1. The van der Waals surface area contributed by atoms with E-state index in [-0.39, 0.29) is 5.56 Å². The van der Waals surface area contributed by atoms with Crippen molar-refractivity contribution >= 4 is 45.5 Å². The van der Waals surface area contributed by atoms with E-state index in [4.69, 9.17) is 12.2 Å². The molecule has 0 bridgehead atoms. The molecule has 0 aliphatic carbocycles. The average molecular weight is 312 g/mol. The predicted molar refractivity (Wildman–Crippen MR) is 86.2 cm³/mol. The molecule has 1 saturated heterocycles. The monoisotopic (exact) mass is 312 g/mol. The molecule has 0 amide bonds. The van der Waals surface area contributed by atoms with Crippen LogP contribution in [0.5, 0.6) is 0 Å². The van der Waals surface area contributed by atoms with Crippen LogP contribution in [0.25, 0.3) is 10.2 Å². The summed E-state index contributed by atoms with van der Waals surface area (Å²) in [5, 5.41) is 0.821. The first-order valence-corrected chi connectivity index (χ1v) is 8.76. The minimum absolute atomic E-state index is 0.0810. The number of nitrogens with zero attached hydrogens (tertiary/aromatic N) is 1. The highest BCUT2D eigenvalue weighted by Crippen LogP contribution is 2.27. The van der Waals surface area contributed by atoms with Crippen molar-refractivity contribution in [3.05, 3.63) is 25.6 Å². The third kappa shape index (κ3) is 2.30. The van der Waals surface area contributed by atoms with Gasteiger partial charge in [0.2, 0.25) is 0 Å². The minimum Gasteiger partial charge on any atom is -0.323 e. The molecule has 1 aliphatic heterocycles. The molecule has 19 heavy (non-hydrogen) atoms. The molecule has 1 unspecified atom stereocenters. The van der Waals surface area contributed by atoms with Gasteiger partial charge in [0.25, 0.3) is 5.56 Å². The van der Waals surface area contributed by atoms with E-state index in [1.165, 1.54) is 17.1 Å². The second kappa shape index (κ2) is 5.07. The van der Waals surface area contributed by atoms with Gasteiger partial charge in [-0.25, -0.2) is 0 Å². The summed E-state index contributed by atoms with van der Waals surface area (Å²) < 4.78 is 2.32. The van der Waals surface area contributed by atoms with Crippen LogP contribution in [0.15, 0.2) is 4.79 Å². The highest BCUT2D eigenvalue weighted by molar-refractivity contribution is 7.99. The molecule has 3 nitrogen and oxygen atoms in total. The number of aryl methyl sites for hydroxylation is 2. The SMILES string of the molecule is Cc1sc2[nH]c(=S)n(CC3CCSC3)c(=O)c2c1C. The van der Waals surface area contributed by atoms with Crippen molar-refractivity contribution in [3.8, 4) is 0 Å². The van der Waals surface area contributed by atoms with E-state index in [1.807, 2.05) is 25.6 Å². The van der Waals surface area contributed by atoms with Crippen LogP contribution < -0.4 is 5.56 Å². The van der Waals surface area contributed by atoms with Crippen LogP contribution in [0.2, 0.25) is 0 Å². The standard InChI is InChI=1S/C13H16N2OS3/c1-7-8(2)19-11-10(7)12(16)15(13(17)14-11)5-9-3-4-18-6-9/h9H,3-6H2,1-2H3,(H,14,17). The van der Waals surface area contributed by atoms with Crippen molar-refractivity contribution in [1.82, 2.24) is 9.55 Å². The largest absolute Gasteiger partial charge is 0.323 e. The summed E-state index contributed by atoms with van der Waals surface area (Å²) >= 11 is 8.95. The molecule has 1 aliphatic rings. The number of thioether (sulfide) groups is 1. The molecule has 1 atom stereocenters. The highest BCUT2D eigenvalue weighted by Gasteiger charge is 2.19. The molecule has 2 aromatic rings. The summed E-state index contributed by atoms with van der Waals surface area (Å²) in [7, 11) is 0. The maximum atomic E-state index is 12.6. The van der Waals surface area contributed by atoms with E-state index >= 15 is 0 Å². The fourth-order valence-electron chi connectivity index (χ4n) is 2.52.